The highest BCUT2D eigenvalue weighted by Crippen LogP contribution is 2.43. The average Bonchev–Trinajstić information content (AvgIpc) is 2.39. The summed E-state index contributed by atoms with van der Waals surface area (Å²) in [5, 5.41) is 2.77. The van der Waals surface area contributed by atoms with Gasteiger partial charge in [-0.3, -0.25) is 9.59 Å². The van der Waals surface area contributed by atoms with E-state index in [1.54, 1.807) is 12.1 Å². The molecule has 0 aliphatic heterocycles. The summed E-state index contributed by atoms with van der Waals surface area (Å²) in [5.74, 6) is -0.761. The monoisotopic (exact) mass is 279 g/mol. The van der Waals surface area contributed by atoms with Gasteiger partial charge in [-0.1, -0.05) is 18.6 Å². The van der Waals surface area contributed by atoms with Crippen molar-refractivity contribution in [2.45, 2.75) is 31.1 Å². The summed E-state index contributed by atoms with van der Waals surface area (Å²) in [6, 6.07) is 6.07. The maximum atomic E-state index is 13.0. The smallest absolute Gasteiger partial charge is 0.307 e. The van der Waals surface area contributed by atoms with Crippen LogP contribution in [-0.4, -0.2) is 25.5 Å². The standard InChI is InChI=1S/C15H18FNO3/c1-20-13(18)7-10-17-14(19)15(8-2-9-15)11-3-5-12(16)6-4-11/h3-6H,2,7-10H2,1H3,(H,17,19). The van der Waals surface area contributed by atoms with Gasteiger partial charge in [0.25, 0.3) is 0 Å². The van der Waals surface area contributed by atoms with Crippen LogP contribution in [0.15, 0.2) is 24.3 Å². The molecule has 1 N–H and O–H groups in total. The Bertz CT molecular complexity index is 494. The van der Waals surface area contributed by atoms with E-state index in [-0.39, 0.29) is 30.7 Å². The fraction of sp³-hybridized carbons (Fsp3) is 0.467. The molecule has 0 heterocycles. The lowest BCUT2D eigenvalue weighted by atomic mass is 9.64. The van der Waals surface area contributed by atoms with Gasteiger partial charge in [0.05, 0.1) is 18.9 Å². The Balaban J connectivity index is 2.01. The number of esters is 1. The summed E-state index contributed by atoms with van der Waals surface area (Å²) in [4.78, 5) is 23.4. The Morgan fingerprint density at radius 2 is 1.95 bits per heavy atom. The molecule has 1 amide bonds. The zero-order valence-corrected chi connectivity index (χ0v) is 11.4. The van der Waals surface area contributed by atoms with E-state index < -0.39 is 5.41 Å². The van der Waals surface area contributed by atoms with E-state index >= 15 is 0 Å². The summed E-state index contributed by atoms with van der Waals surface area (Å²) >= 11 is 0. The van der Waals surface area contributed by atoms with Gasteiger partial charge in [0.2, 0.25) is 5.91 Å². The maximum absolute atomic E-state index is 13.0. The van der Waals surface area contributed by atoms with Gasteiger partial charge in [-0.15, -0.1) is 0 Å². The molecule has 1 aliphatic rings. The number of benzene rings is 1. The molecule has 0 bridgehead atoms. The van der Waals surface area contributed by atoms with Crippen molar-refractivity contribution >= 4 is 11.9 Å². The van der Waals surface area contributed by atoms with Crippen molar-refractivity contribution in [2.75, 3.05) is 13.7 Å². The van der Waals surface area contributed by atoms with Crippen molar-refractivity contribution in [3.8, 4) is 0 Å². The van der Waals surface area contributed by atoms with Crippen molar-refractivity contribution in [3.05, 3.63) is 35.6 Å². The maximum Gasteiger partial charge on any atom is 0.307 e. The van der Waals surface area contributed by atoms with Crippen LogP contribution in [0.25, 0.3) is 0 Å². The number of hydrogen-bond donors (Lipinski definition) is 1. The van der Waals surface area contributed by atoms with E-state index in [0.717, 1.165) is 24.8 Å². The molecule has 0 spiro atoms. The minimum Gasteiger partial charge on any atom is -0.469 e. The van der Waals surface area contributed by atoms with E-state index in [9.17, 15) is 14.0 Å². The van der Waals surface area contributed by atoms with Crippen molar-refractivity contribution in [2.24, 2.45) is 0 Å². The highest BCUT2D eigenvalue weighted by atomic mass is 19.1. The highest BCUT2D eigenvalue weighted by Gasteiger charge is 2.45. The Morgan fingerprint density at radius 3 is 2.45 bits per heavy atom. The molecule has 1 aliphatic carbocycles. The molecule has 0 radical (unpaired) electrons. The van der Waals surface area contributed by atoms with Gasteiger partial charge in [0.1, 0.15) is 5.82 Å². The quantitative estimate of drug-likeness (QED) is 0.838. The van der Waals surface area contributed by atoms with Crippen LogP contribution in [0.1, 0.15) is 31.2 Å². The lowest BCUT2D eigenvalue weighted by Crippen LogP contribution is -2.49. The first kappa shape index (κ1) is 14.5. The Hall–Kier alpha value is -1.91. The molecule has 0 saturated heterocycles. The molecule has 0 unspecified atom stereocenters. The molecule has 0 atom stereocenters. The SMILES string of the molecule is COC(=O)CCNC(=O)C1(c2ccc(F)cc2)CCC1. The van der Waals surface area contributed by atoms with Gasteiger partial charge in [0, 0.05) is 6.54 Å². The second-order valence-corrected chi connectivity index (χ2v) is 5.02. The van der Waals surface area contributed by atoms with E-state index in [2.05, 4.69) is 10.1 Å². The number of hydrogen-bond acceptors (Lipinski definition) is 3. The minimum absolute atomic E-state index is 0.0979. The fourth-order valence-corrected chi connectivity index (χ4v) is 2.50. The third-order valence-corrected chi connectivity index (χ3v) is 3.88. The Kier molecular flexibility index (Phi) is 4.37. The van der Waals surface area contributed by atoms with Crippen LogP contribution in [0.5, 0.6) is 0 Å². The normalized spacial score (nSPS) is 16.1. The van der Waals surface area contributed by atoms with Gasteiger partial charge in [-0.2, -0.15) is 0 Å². The third kappa shape index (κ3) is 2.81. The molecule has 1 saturated carbocycles. The first-order chi connectivity index (χ1) is 9.58. The molecule has 1 aromatic carbocycles. The number of rotatable bonds is 5. The summed E-state index contributed by atoms with van der Waals surface area (Å²) in [6.45, 7) is 0.258. The lowest BCUT2D eigenvalue weighted by molar-refractivity contribution is -0.140. The van der Waals surface area contributed by atoms with E-state index in [4.69, 9.17) is 0 Å². The summed E-state index contributed by atoms with van der Waals surface area (Å²) < 4.78 is 17.5. The number of nitrogens with one attached hydrogen (secondary N) is 1. The number of carbonyl (C=O) groups excluding carboxylic acids is 2. The predicted octanol–water partition coefficient (Wildman–Crippen LogP) is 1.93. The molecular weight excluding hydrogens is 261 g/mol. The van der Waals surface area contributed by atoms with Crippen molar-refractivity contribution < 1.29 is 18.7 Å². The topological polar surface area (TPSA) is 55.4 Å². The third-order valence-electron chi connectivity index (χ3n) is 3.88. The van der Waals surface area contributed by atoms with Gasteiger partial charge < -0.3 is 10.1 Å². The molecule has 0 aromatic heterocycles. The van der Waals surface area contributed by atoms with E-state index in [1.807, 2.05) is 0 Å². The van der Waals surface area contributed by atoms with E-state index in [1.165, 1.54) is 19.2 Å². The van der Waals surface area contributed by atoms with Crippen LogP contribution in [0.2, 0.25) is 0 Å². The zero-order chi connectivity index (χ0) is 14.6. The molecule has 5 heteroatoms. The number of amides is 1. The number of halogens is 1. The minimum atomic E-state index is -0.566. The van der Waals surface area contributed by atoms with Crippen LogP contribution in [0, 0.1) is 5.82 Å². The molecule has 4 nitrogen and oxygen atoms in total. The van der Waals surface area contributed by atoms with Gasteiger partial charge in [-0.05, 0) is 30.5 Å². The van der Waals surface area contributed by atoms with Gasteiger partial charge in [-0.25, -0.2) is 4.39 Å². The zero-order valence-electron chi connectivity index (χ0n) is 11.4. The fourth-order valence-electron chi connectivity index (χ4n) is 2.50. The van der Waals surface area contributed by atoms with E-state index in [0.29, 0.717) is 0 Å². The predicted molar refractivity (Wildman–Crippen MR) is 71.6 cm³/mol. The summed E-state index contributed by atoms with van der Waals surface area (Å²) in [5.41, 5.74) is 0.268. The van der Waals surface area contributed by atoms with Crippen LogP contribution >= 0.6 is 0 Å². The van der Waals surface area contributed by atoms with Crippen LogP contribution < -0.4 is 5.32 Å². The molecule has 1 fully saturated rings. The molecule has 2 rings (SSSR count). The summed E-state index contributed by atoms with van der Waals surface area (Å²) in [6.07, 6.45) is 2.63. The van der Waals surface area contributed by atoms with Crippen LogP contribution in [0.4, 0.5) is 4.39 Å². The Morgan fingerprint density at radius 1 is 1.30 bits per heavy atom. The van der Waals surface area contributed by atoms with Crippen molar-refractivity contribution in [1.29, 1.82) is 0 Å². The lowest BCUT2D eigenvalue weighted by Gasteiger charge is -2.40. The van der Waals surface area contributed by atoms with Crippen LogP contribution in [-0.2, 0) is 19.7 Å². The molecule has 1 aromatic rings. The molecular formula is C15H18FNO3. The van der Waals surface area contributed by atoms with Crippen LogP contribution in [0.3, 0.4) is 0 Å². The first-order valence-electron chi connectivity index (χ1n) is 6.70. The second kappa shape index (κ2) is 6.03. The Labute approximate surface area is 117 Å². The molecule has 108 valence electrons. The molecule has 20 heavy (non-hydrogen) atoms. The number of methoxy groups -OCH3 is 1. The number of carbonyl (C=O) groups is 2. The summed E-state index contributed by atoms with van der Waals surface area (Å²) in [7, 11) is 1.32. The number of ether oxygens (including phenoxy) is 1. The largest absolute Gasteiger partial charge is 0.469 e. The average molecular weight is 279 g/mol. The second-order valence-electron chi connectivity index (χ2n) is 5.02. The highest BCUT2D eigenvalue weighted by molar-refractivity contribution is 5.89. The first-order valence-corrected chi connectivity index (χ1v) is 6.70. The van der Waals surface area contributed by atoms with Gasteiger partial charge >= 0.3 is 5.97 Å². The van der Waals surface area contributed by atoms with Crippen molar-refractivity contribution in [3.63, 3.8) is 0 Å². The van der Waals surface area contributed by atoms with Crippen molar-refractivity contribution in [1.82, 2.24) is 5.32 Å². The van der Waals surface area contributed by atoms with Gasteiger partial charge in [0.15, 0.2) is 0 Å².